The van der Waals surface area contributed by atoms with E-state index >= 15 is 0 Å². The Labute approximate surface area is 107 Å². The highest BCUT2D eigenvalue weighted by atomic mass is 15.2. The van der Waals surface area contributed by atoms with Crippen LogP contribution < -0.4 is 5.32 Å². The van der Waals surface area contributed by atoms with Gasteiger partial charge in [-0.3, -0.25) is 4.90 Å². The lowest BCUT2D eigenvalue weighted by Gasteiger charge is -2.38. The van der Waals surface area contributed by atoms with Gasteiger partial charge in [0, 0.05) is 24.7 Å². The Bertz CT molecular complexity index is 240. The molecule has 100 valence electrons. The van der Waals surface area contributed by atoms with E-state index in [-0.39, 0.29) is 5.54 Å². The minimum Gasteiger partial charge on any atom is -0.311 e. The predicted molar refractivity (Wildman–Crippen MR) is 76.4 cm³/mol. The topological polar surface area (TPSA) is 15.3 Å². The van der Waals surface area contributed by atoms with Crippen molar-refractivity contribution in [2.45, 2.75) is 65.0 Å². The molecule has 1 rings (SSSR count). The minimum atomic E-state index is 0.227. The van der Waals surface area contributed by atoms with Gasteiger partial charge in [-0.25, -0.2) is 0 Å². The molecular formula is C15H30N2. The van der Waals surface area contributed by atoms with E-state index in [1.807, 2.05) is 0 Å². The highest BCUT2D eigenvalue weighted by molar-refractivity contribution is 4.98. The Morgan fingerprint density at radius 1 is 1.35 bits per heavy atom. The summed E-state index contributed by atoms with van der Waals surface area (Å²) in [7, 11) is 0. The zero-order chi connectivity index (χ0) is 12.9. The fourth-order valence-corrected chi connectivity index (χ4v) is 2.32. The number of hydrogen-bond acceptors (Lipinski definition) is 2. The maximum absolute atomic E-state index is 4.15. The summed E-state index contributed by atoms with van der Waals surface area (Å²) in [5, 5.41) is 3.64. The van der Waals surface area contributed by atoms with Crippen molar-refractivity contribution in [3.8, 4) is 0 Å². The quantitative estimate of drug-likeness (QED) is 0.740. The zero-order valence-corrected chi connectivity index (χ0v) is 12.2. The van der Waals surface area contributed by atoms with Crippen LogP contribution in [-0.4, -0.2) is 36.1 Å². The smallest absolute Gasteiger partial charge is 0.0224 e. The molecule has 17 heavy (non-hydrogen) atoms. The first kappa shape index (κ1) is 14.7. The summed E-state index contributed by atoms with van der Waals surface area (Å²) in [4.78, 5) is 2.62. The van der Waals surface area contributed by atoms with Gasteiger partial charge in [0.05, 0.1) is 0 Å². The molecule has 0 amide bonds. The zero-order valence-electron chi connectivity index (χ0n) is 12.2. The van der Waals surface area contributed by atoms with Gasteiger partial charge in [-0.2, -0.15) is 0 Å². The fourth-order valence-electron chi connectivity index (χ4n) is 2.32. The summed E-state index contributed by atoms with van der Waals surface area (Å²) in [6.45, 7) is 16.5. The van der Waals surface area contributed by atoms with Crippen molar-refractivity contribution in [2.75, 3.05) is 19.6 Å². The maximum Gasteiger partial charge on any atom is 0.0224 e. The second-order valence-electron chi connectivity index (χ2n) is 6.35. The third kappa shape index (κ3) is 5.69. The van der Waals surface area contributed by atoms with E-state index in [0.29, 0.717) is 6.04 Å². The second-order valence-corrected chi connectivity index (χ2v) is 6.35. The van der Waals surface area contributed by atoms with E-state index in [4.69, 9.17) is 0 Å². The van der Waals surface area contributed by atoms with Crippen molar-refractivity contribution in [2.24, 2.45) is 0 Å². The second kappa shape index (κ2) is 6.55. The van der Waals surface area contributed by atoms with Gasteiger partial charge in [0.1, 0.15) is 0 Å². The highest BCUT2D eigenvalue weighted by Gasteiger charge is 2.23. The monoisotopic (exact) mass is 238 g/mol. The number of piperidine rings is 1. The van der Waals surface area contributed by atoms with Crippen LogP contribution in [0.4, 0.5) is 0 Å². The van der Waals surface area contributed by atoms with Crippen LogP contribution in [0.25, 0.3) is 0 Å². The third-order valence-corrected chi connectivity index (χ3v) is 3.54. The molecule has 0 bridgehead atoms. The van der Waals surface area contributed by atoms with Crippen LogP contribution in [0.2, 0.25) is 0 Å². The number of nitrogens with zero attached hydrogens (tertiary/aromatic N) is 1. The molecule has 0 radical (unpaired) electrons. The summed E-state index contributed by atoms with van der Waals surface area (Å²) < 4.78 is 0. The third-order valence-electron chi connectivity index (χ3n) is 3.54. The maximum atomic E-state index is 4.15. The molecule has 0 saturated carbocycles. The van der Waals surface area contributed by atoms with Crippen molar-refractivity contribution in [1.82, 2.24) is 10.2 Å². The summed E-state index contributed by atoms with van der Waals surface area (Å²) in [5.41, 5.74) is 1.60. The van der Waals surface area contributed by atoms with Gasteiger partial charge in [-0.1, -0.05) is 25.5 Å². The van der Waals surface area contributed by atoms with Crippen LogP contribution in [0.15, 0.2) is 12.2 Å². The molecule has 0 spiro atoms. The van der Waals surface area contributed by atoms with Crippen LogP contribution in [0.1, 0.15) is 53.4 Å². The molecule has 0 aliphatic carbocycles. The van der Waals surface area contributed by atoms with Crippen LogP contribution >= 0.6 is 0 Å². The largest absolute Gasteiger partial charge is 0.311 e. The van der Waals surface area contributed by atoms with Gasteiger partial charge in [0.15, 0.2) is 0 Å². The first-order chi connectivity index (χ1) is 7.92. The molecular weight excluding hydrogens is 208 g/mol. The Balaban J connectivity index is 2.45. The molecule has 1 N–H and O–H groups in total. The van der Waals surface area contributed by atoms with Gasteiger partial charge in [0.25, 0.3) is 0 Å². The van der Waals surface area contributed by atoms with Gasteiger partial charge in [0.2, 0.25) is 0 Å². The first-order valence-corrected chi connectivity index (χ1v) is 7.08. The standard InChI is InChI=1S/C15H30N2/c1-6-13(2)12-17-10-8-7-9-14(17)11-16-15(3,4)5/h14,16H,2,6-12H2,1,3-5H3. The Morgan fingerprint density at radius 2 is 2.06 bits per heavy atom. The molecule has 2 nitrogen and oxygen atoms in total. The van der Waals surface area contributed by atoms with Crippen molar-refractivity contribution in [3.05, 3.63) is 12.2 Å². The molecule has 1 atom stereocenters. The van der Waals surface area contributed by atoms with E-state index in [0.717, 1.165) is 19.5 Å². The average molecular weight is 238 g/mol. The van der Waals surface area contributed by atoms with E-state index in [1.165, 1.54) is 31.4 Å². The Hall–Kier alpha value is -0.340. The molecule has 1 saturated heterocycles. The fraction of sp³-hybridized carbons (Fsp3) is 0.867. The number of nitrogens with one attached hydrogen (secondary N) is 1. The molecule has 0 aromatic rings. The molecule has 1 heterocycles. The molecule has 2 heteroatoms. The number of rotatable bonds is 5. The van der Waals surface area contributed by atoms with Crippen molar-refractivity contribution >= 4 is 0 Å². The van der Waals surface area contributed by atoms with Crippen LogP contribution in [-0.2, 0) is 0 Å². The van der Waals surface area contributed by atoms with Gasteiger partial charge >= 0.3 is 0 Å². The summed E-state index contributed by atoms with van der Waals surface area (Å²) in [6, 6.07) is 0.700. The van der Waals surface area contributed by atoms with Crippen LogP contribution in [0.5, 0.6) is 0 Å². The van der Waals surface area contributed by atoms with Gasteiger partial charge < -0.3 is 5.32 Å². The summed E-state index contributed by atoms with van der Waals surface area (Å²) in [6.07, 6.45) is 5.17. The normalized spacial score (nSPS) is 22.7. The molecule has 1 unspecified atom stereocenters. The molecule has 0 aromatic heterocycles. The Morgan fingerprint density at radius 3 is 2.65 bits per heavy atom. The van der Waals surface area contributed by atoms with E-state index < -0.39 is 0 Å². The first-order valence-electron chi connectivity index (χ1n) is 7.08. The lowest BCUT2D eigenvalue weighted by atomic mass is 9.99. The lowest BCUT2D eigenvalue weighted by molar-refractivity contribution is 0.150. The van der Waals surface area contributed by atoms with Gasteiger partial charge in [-0.05, 0) is 46.6 Å². The SMILES string of the molecule is C=C(CC)CN1CCCCC1CNC(C)(C)C. The Kier molecular flexibility index (Phi) is 5.68. The summed E-state index contributed by atoms with van der Waals surface area (Å²) >= 11 is 0. The highest BCUT2D eigenvalue weighted by Crippen LogP contribution is 2.18. The minimum absolute atomic E-state index is 0.227. The predicted octanol–water partition coefficient (Wildman–Crippen LogP) is 3.20. The van der Waals surface area contributed by atoms with Crippen molar-refractivity contribution < 1.29 is 0 Å². The number of likely N-dealkylation sites (tertiary alicyclic amines) is 1. The molecule has 1 aliphatic rings. The lowest BCUT2D eigenvalue weighted by Crippen LogP contribution is -2.50. The number of hydrogen-bond donors (Lipinski definition) is 1. The van der Waals surface area contributed by atoms with Crippen LogP contribution in [0, 0.1) is 0 Å². The van der Waals surface area contributed by atoms with Crippen molar-refractivity contribution in [3.63, 3.8) is 0 Å². The summed E-state index contributed by atoms with van der Waals surface area (Å²) in [5.74, 6) is 0. The van der Waals surface area contributed by atoms with E-state index in [1.54, 1.807) is 0 Å². The van der Waals surface area contributed by atoms with Gasteiger partial charge in [-0.15, -0.1) is 0 Å². The van der Waals surface area contributed by atoms with Crippen LogP contribution in [0.3, 0.4) is 0 Å². The molecule has 1 aliphatic heterocycles. The van der Waals surface area contributed by atoms with E-state index in [2.05, 4.69) is 44.5 Å². The van der Waals surface area contributed by atoms with E-state index in [9.17, 15) is 0 Å². The van der Waals surface area contributed by atoms with Crippen molar-refractivity contribution in [1.29, 1.82) is 0 Å². The molecule has 0 aromatic carbocycles. The molecule has 1 fully saturated rings. The average Bonchev–Trinajstić information content (AvgIpc) is 2.26.